The molecule has 4 heteroatoms. The lowest BCUT2D eigenvalue weighted by Gasteiger charge is -2.07. The largest absolute Gasteiger partial charge is 0.502 e. The zero-order valence-electron chi connectivity index (χ0n) is 10.0. The summed E-state index contributed by atoms with van der Waals surface area (Å²) in [4.78, 5) is 11.6. The van der Waals surface area contributed by atoms with Gasteiger partial charge in [-0.2, -0.15) is 0 Å². The predicted octanol–water partition coefficient (Wildman–Crippen LogP) is 2.40. The molecule has 0 fully saturated rings. The summed E-state index contributed by atoms with van der Waals surface area (Å²) in [5.41, 5.74) is -0.488. The van der Waals surface area contributed by atoms with E-state index in [-0.39, 0.29) is 11.5 Å². The van der Waals surface area contributed by atoms with E-state index in [0.717, 1.165) is 19.3 Å². The van der Waals surface area contributed by atoms with E-state index in [1.807, 2.05) is 0 Å². The molecule has 90 valence electrons. The third kappa shape index (κ3) is 2.56. The van der Waals surface area contributed by atoms with Crippen LogP contribution in [-0.2, 0) is 6.42 Å². The minimum absolute atomic E-state index is 0.0803. The monoisotopic (exact) mass is 226 g/mol. The molecular weight excluding hydrogens is 208 g/mol. The lowest BCUT2D eigenvalue weighted by atomic mass is 10.1. The van der Waals surface area contributed by atoms with Crippen LogP contribution >= 0.6 is 0 Å². The molecule has 16 heavy (non-hydrogen) atoms. The number of aryl methyl sites for hydroxylation is 2. The zero-order chi connectivity index (χ0) is 12.1. The Hall–Kier alpha value is -1.45. The minimum Gasteiger partial charge on any atom is -0.502 e. The first-order valence-electron chi connectivity index (χ1n) is 5.51. The maximum Gasteiger partial charge on any atom is 0.268 e. The summed E-state index contributed by atoms with van der Waals surface area (Å²) >= 11 is 0. The quantitative estimate of drug-likeness (QED) is 0.783. The Morgan fingerprint density at radius 1 is 1.38 bits per heavy atom. The highest BCUT2D eigenvalue weighted by molar-refractivity contribution is 5.35. The first-order chi connectivity index (χ1) is 7.61. The van der Waals surface area contributed by atoms with Crippen LogP contribution in [0.4, 0.5) is 0 Å². The van der Waals surface area contributed by atoms with Crippen LogP contribution in [0, 0.1) is 6.92 Å². The van der Waals surface area contributed by atoms with Crippen LogP contribution in [0.15, 0.2) is 9.21 Å². The zero-order valence-corrected chi connectivity index (χ0v) is 10.0. The van der Waals surface area contributed by atoms with Crippen molar-refractivity contribution < 1.29 is 14.3 Å². The average molecular weight is 226 g/mol. The number of ether oxygens (including phenoxy) is 1. The van der Waals surface area contributed by atoms with Crippen LogP contribution in [0.5, 0.6) is 11.5 Å². The second-order valence-electron chi connectivity index (χ2n) is 3.75. The van der Waals surface area contributed by atoms with Crippen LogP contribution in [0.25, 0.3) is 0 Å². The topological polar surface area (TPSA) is 59.7 Å². The Labute approximate surface area is 94.9 Å². The smallest absolute Gasteiger partial charge is 0.268 e. The fourth-order valence-corrected chi connectivity index (χ4v) is 1.61. The molecule has 0 saturated carbocycles. The van der Waals surface area contributed by atoms with Crippen molar-refractivity contribution in [1.29, 1.82) is 0 Å². The van der Waals surface area contributed by atoms with Crippen LogP contribution in [0.1, 0.15) is 37.7 Å². The number of methoxy groups -OCH3 is 1. The van der Waals surface area contributed by atoms with Crippen molar-refractivity contribution in [3.05, 3.63) is 21.7 Å². The van der Waals surface area contributed by atoms with Crippen molar-refractivity contribution in [2.24, 2.45) is 0 Å². The van der Waals surface area contributed by atoms with Gasteiger partial charge in [0.1, 0.15) is 11.5 Å². The molecule has 0 spiro atoms. The van der Waals surface area contributed by atoms with Gasteiger partial charge in [-0.15, -0.1) is 0 Å². The summed E-state index contributed by atoms with van der Waals surface area (Å²) in [6.45, 7) is 3.75. The van der Waals surface area contributed by atoms with Crippen LogP contribution in [0.2, 0.25) is 0 Å². The van der Waals surface area contributed by atoms with Crippen molar-refractivity contribution in [3.63, 3.8) is 0 Å². The van der Waals surface area contributed by atoms with Gasteiger partial charge in [-0.25, -0.2) is 0 Å². The Bertz CT molecular complexity index is 406. The molecule has 1 aromatic heterocycles. The lowest BCUT2D eigenvalue weighted by Crippen LogP contribution is -2.09. The standard InChI is InChI=1S/C12H18O4/c1-4-5-6-7-9-10(13)11(14)12(15-3)8(2)16-9/h13H,4-7H2,1-3H3. The summed E-state index contributed by atoms with van der Waals surface area (Å²) in [5, 5.41) is 9.65. The molecule has 0 atom stereocenters. The van der Waals surface area contributed by atoms with Gasteiger partial charge in [-0.1, -0.05) is 19.8 Å². The highest BCUT2D eigenvalue weighted by Crippen LogP contribution is 2.22. The van der Waals surface area contributed by atoms with Gasteiger partial charge in [-0.05, 0) is 13.3 Å². The minimum atomic E-state index is -0.488. The molecule has 0 aliphatic carbocycles. The molecule has 0 radical (unpaired) electrons. The van der Waals surface area contributed by atoms with Gasteiger partial charge in [-0.3, -0.25) is 4.79 Å². The molecule has 1 aromatic rings. The van der Waals surface area contributed by atoms with Crippen LogP contribution in [0.3, 0.4) is 0 Å². The molecule has 0 aliphatic heterocycles. The predicted molar refractivity (Wildman–Crippen MR) is 61.2 cm³/mol. The Morgan fingerprint density at radius 2 is 2.06 bits per heavy atom. The second kappa shape index (κ2) is 5.58. The summed E-state index contributed by atoms with van der Waals surface area (Å²) < 4.78 is 10.3. The lowest BCUT2D eigenvalue weighted by molar-refractivity contribution is 0.336. The van der Waals surface area contributed by atoms with E-state index >= 15 is 0 Å². The fourth-order valence-electron chi connectivity index (χ4n) is 1.61. The van der Waals surface area contributed by atoms with Gasteiger partial charge in [0, 0.05) is 6.42 Å². The average Bonchev–Trinajstić information content (AvgIpc) is 2.26. The SMILES string of the molecule is CCCCCc1oc(C)c(OC)c(=O)c1O. The van der Waals surface area contributed by atoms with Crippen LogP contribution < -0.4 is 10.2 Å². The third-order valence-electron chi connectivity index (χ3n) is 2.49. The number of hydrogen-bond donors (Lipinski definition) is 1. The van der Waals surface area contributed by atoms with E-state index in [9.17, 15) is 9.90 Å². The first-order valence-corrected chi connectivity index (χ1v) is 5.51. The molecule has 1 heterocycles. The van der Waals surface area contributed by atoms with Crippen molar-refractivity contribution in [3.8, 4) is 11.5 Å². The highest BCUT2D eigenvalue weighted by atomic mass is 16.5. The molecule has 4 nitrogen and oxygen atoms in total. The van der Waals surface area contributed by atoms with Gasteiger partial charge < -0.3 is 14.3 Å². The Morgan fingerprint density at radius 3 is 2.62 bits per heavy atom. The van der Waals surface area contributed by atoms with Gasteiger partial charge in [0.25, 0.3) is 5.43 Å². The van der Waals surface area contributed by atoms with Gasteiger partial charge in [0.2, 0.25) is 11.5 Å². The number of unbranched alkanes of at least 4 members (excludes halogenated alkanes) is 2. The maximum absolute atomic E-state index is 11.6. The second-order valence-corrected chi connectivity index (χ2v) is 3.75. The molecule has 1 rings (SSSR count). The van der Waals surface area contributed by atoms with Crippen molar-refractivity contribution >= 4 is 0 Å². The Balaban J connectivity index is 2.99. The molecule has 0 bridgehead atoms. The van der Waals surface area contributed by atoms with Crippen molar-refractivity contribution in [1.82, 2.24) is 0 Å². The van der Waals surface area contributed by atoms with Crippen molar-refractivity contribution in [2.75, 3.05) is 7.11 Å². The Kier molecular flexibility index (Phi) is 4.40. The van der Waals surface area contributed by atoms with Gasteiger partial charge in [0.05, 0.1) is 7.11 Å². The summed E-state index contributed by atoms with van der Waals surface area (Å²) in [7, 11) is 1.38. The van der Waals surface area contributed by atoms with Crippen LogP contribution in [-0.4, -0.2) is 12.2 Å². The molecule has 0 aliphatic rings. The molecular formula is C12H18O4. The number of hydrogen-bond acceptors (Lipinski definition) is 4. The first kappa shape index (κ1) is 12.6. The van der Waals surface area contributed by atoms with E-state index in [2.05, 4.69) is 6.92 Å². The third-order valence-corrected chi connectivity index (χ3v) is 2.49. The molecule has 1 N–H and O–H groups in total. The van der Waals surface area contributed by atoms with E-state index in [4.69, 9.17) is 9.15 Å². The maximum atomic E-state index is 11.6. The number of rotatable bonds is 5. The van der Waals surface area contributed by atoms with E-state index in [1.54, 1.807) is 6.92 Å². The van der Waals surface area contributed by atoms with Gasteiger partial charge in [0.15, 0.2) is 0 Å². The normalized spacial score (nSPS) is 10.4. The summed E-state index contributed by atoms with van der Waals surface area (Å²) in [6.07, 6.45) is 3.62. The molecule has 0 saturated heterocycles. The molecule has 0 aromatic carbocycles. The van der Waals surface area contributed by atoms with E-state index in [1.165, 1.54) is 7.11 Å². The van der Waals surface area contributed by atoms with Crippen molar-refractivity contribution in [2.45, 2.75) is 39.5 Å². The summed E-state index contributed by atoms with van der Waals surface area (Å²) in [5.74, 6) is 0.531. The van der Waals surface area contributed by atoms with E-state index in [0.29, 0.717) is 17.9 Å². The van der Waals surface area contributed by atoms with E-state index < -0.39 is 5.43 Å². The summed E-state index contributed by atoms with van der Waals surface area (Å²) in [6, 6.07) is 0. The molecule has 0 unspecified atom stereocenters. The number of aromatic hydroxyl groups is 1. The van der Waals surface area contributed by atoms with Gasteiger partial charge >= 0.3 is 0 Å². The highest BCUT2D eigenvalue weighted by Gasteiger charge is 2.16. The fraction of sp³-hybridized carbons (Fsp3) is 0.583. The molecule has 0 amide bonds.